The quantitative estimate of drug-likeness (QED) is 0.891. The van der Waals surface area contributed by atoms with Crippen LogP contribution in [0.2, 0.25) is 0 Å². The van der Waals surface area contributed by atoms with Crippen molar-refractivity contribution >= 4 is 21.8 Å². The first-order chi connectivity index (χ1) is 11.1. The highest BCUT2D eigenvalue weighted by Crippen LogP contribution is 2.23. The summed E-state index contributed by atoms with van der Waals surface area (Å²) in [5.41, 5.74) is 0.543. The summed E-state index contributed by atoms with van der Waals surface area (Å²) >= 11 is 3.40. The van der Waals surface area contributed by atoms with E-state index in [4.69, 9.17) is 4.74 Å². The van der Waals surface area contributed by atoms with Gasteiger partial charge in [0.25, 0.3) is 5.91 Å². The van der Waals surface area contributed by atoms with E-state index in [1.807, 2.05) is 24.3 Å². The lowest BCUT2D eigenvalue weighted by atomic mass is 10.2. The SMILES string of the molecule is CN1CCC(NC(=O)c2ccc(Oc3cccc(Br)c3)nc2)C1. The van der Waals surface area contributed by atoms with Crippen molar-refractivity contribution in [2.75, 3.05) is 20.1 Å². The molecule has 2 heterocycles. The third-order valence-corrected chi connectivity index (χ3v) is 4.24. The molecule has 1 atom stereocenters. The highest BCUT2D eigenvalue weighted by Gasteiger charge is 2.21. The van der Waals surface area contributed by atoms with E-state index in [-0.39, 0.29) is 11.9 Å². The van der Waals surface area contributed by atoms with Crippen LogP contribution in [0, 0.1) is 0 Å². The summed E-state index contributed by atoms with van der Waals surface area (Å²) in [6.45, 7) is 1.91. The summed E-state index contributed by atoms with van der Waals surface area (Å²) < 4.78 is 6.60. The molecular formula is C17H18BrN3O2. The van der Waals surface area contributed by atoms with Gasteiger partial charge >= 0.3 is 0 Å². The van der Waals surface area contributed by atoms with Crippen LogP contribution in [-0.4, -0.2) is 42.0 Å². The number of halogens is 1. The number of aromatic nitrogens is 1. The van der Waals surface area contributed by atoms with Crippen LogP contribution in [0.25, 0.3) is 0 Å². The van der Waals surface area contributed by atoms with Crippen LogP contribution in [0.15, 0.2) is 47.1 Å². The van der Waals surface area contributed by atoms with E-state index >= 15 is 0 Å². The Morgan fingerprint density at radius 1 is 1.39 bits per heavy atom. The molecule has 0 spiro atoms. The van der Waals surface area contributed by atoms with E-state index < -0.39 is 0 Å². The summed E-state index contributed by atoms with van der Waals surface area (Å²) in [5.74, 6) is 1.06. The van der Waals surface area contributed by atoms with Crippen LogP contribution < -0.4 is 10.1 Å². The third-order valence-electron chi connectivity index (χ3n) is 3.74. The van der Waals surface area contributed by atoms with Gasteiger partial charge in [-0.05, 0) is 44.3 Å². The molecule has 1 unspecified atom stereocenters. The van der Waals surface area contributed by atoms with Gasteiger partial charge in [-0.25, -0.2) is 4.98 Å². The van der Waals surface area contributed by atoms with Crippen LogP contribution >= 0.6 is 15.9 Å². The van der Waals surface area contributed by atoms with Gasteiger partial charge in [0.15, 0.2) is 0 Å². The fraction of sp³-hybridized carbons (Fsp3) is 0.294. The van der Waals surface area contributed by atoms with Crippen molar-refractivity contribution < 1.29 is 9.53 Å². The Balaban J connectivity index is 1.61. The van der Waals surface area contributed by atoms with E-state index in [1.165, 1.54) is 0 Å². The first-order valence-corrected chi connectivity index (χ1v) is 8.28. The second-order valence-electron chi connectivity index (χ2n) is 5.67. The van der Waals surface area contributed by atoms with Crippen molar-refractivity contribution in [3.05, 3.63) is 52.6 Å². The van der Waals surface area contributed by atoms with Gasteiger partial charge in [-0.15, -0.1) is 0 Å². The van der Waals surface area contributed by atoms with Gasteiger partial charge in [-0.3, -0.25) is 4.79 Å². The van der Waals surface area contributed by atoms with E-state index in [0.29, 0.717) is 17.2 Å². The molecule has 6 heteroatoms. The monoisotopic (exact) mass is 375 g/mol. The standard InChI is InChI=1S/C17H18BrN3O2/c1-21-8-7-14(11-21)20-17(22)12-5-6-16(19-10-12)23-15-4-2-3-13(18)9-15/h2-6,9-10,14H,7-8,11H2,1H3,(H,20,22). The molecule has 23 heavy (non-hydrogen) atoms. The van der Waals surface area contributed by atoms with Crippen LogP contribution in [0.3, 0.4) is 0 Å². The Bertz CT molecular complexity index is 690. The van der Waals surface area contributed by atoms with Gasteiger partial charge in [-0.2, -0.15) is 0 Å². The molecule has 1 aromatic heterocycles. The highest BCUT2D eigenvalue weighted by molar-refractivity contribution is 9.10. The number of rotatable bonds is 4. The van der Waals surface area contributed by atoms with Gasteiger partial charge in [0.1, 0.15) is 5.75 Å². The number of benzene rings is 1. The summed E-state index contributed by atoms with van der Waals surface area (Å²) in [6.07, 6.45) is 2.53. The molecule has 1 N–H and O–H groups in total. The summed E-state index contributed by atoms with van der Waals surface area (Å²) in [6, 6.07) is 11.2. The van der Waals surface area contributed by atoms with Gasteiger partial charge in [0.2, 0.25) is 5.88 Å². The number of carbonyl (C=O) groups excluding carboxylic acids is 1. The molecule has 0 aliphatic carbocycles. The maximum Gasteiger partial charge on any atom is 0.253 e. The predicted octanol–water partition coefficient (Wildman–Crippen LogP) is 3.07. The molecule has 0 saturated carbocycles. The average molecular weight is 376 g/mol. The number of amides is 1. The molecule has 1 aliphatic rings. The summed E-state index contributed by atoms with van der Waals surface area (Å²) in [4.78, 5) is 18.6. The molecule has 5 nitrogen and oxygen atoms in total. The Kier molecular flexibility index (Phi) is 4.93. The number of hydrogen-bond acceptors (Lipinski definition) is 4. The number of hydrogen-bond donors (Lipinski definition) is 1. The van der Waals surface area contributed by atoms with Gasteiger partial charge in [0.05, 0.1) is 5.56 Å². The molecule has 0 bridgehead atoms. The molecular weight excluding hydrogens is 358 g/mol. The number of ether oxygens (including phenoxy) is 1. The lowest BCUT2D eigenvalue weighted by molar-refractivity contribution is 0.0938. The van der Waals surface area contributed by atoms with Gasteiger partial charge in [-0.1, -0.05) is 22.0 Å². The normalized spacial score (nSPS) is 17.9. The Hall–Kier alpha value is -1.92. The fourth-order valence-electron chi connectivity index (χ4n) is 2.55. The lowest BCUT2D eigenvalue weighted by Crippen LogP contribution is -2.36. The molecule has 1 aliphatic heterocycles. The largest absolute Gasteiger partial charge is 0.439 e. The molecule has 1 saturated heterocycles. The van der Waals surface area contributed by atoms with Crippen molar-refractivity contribution in [2.45, 2.75) is 12.5 Å². The maximum atomic E-state index is 12.2. The summed E-state index contributed by atoms with van der Waals surface area (Å²) in [5, 5.41) is 3.03. The minimum Gasteiger partial charge on any atom is -0.439 e. The van der Waals surface area contributed by atoms with Crippen LogP contribution in [0.1, 0.15) is 16.8 Å². The zero-order valence-corrected chi connectivity index (χ0v) is 14.4. The highest BCUT2D eigenvalue weighted by atomic mass is 79.9. The predicted molar refractivity (Wildman–Crippen MR) is 91.8 cm³/mol. The molecule has 120 valence electrons. The Morgan fingerprint density at radius 2 is 2.26 bits per heavy atom. The minimum absolute atomic E-state index is 0.0909. The van der Waals surface area contributed by atoms with Crippen molar-refractivity contribution in [2.24, 2.45) is 0 Å². The first-order valence-electron chi connectivity index (χ1n) is 7.49. The van der Waals surface area contributed by atoms with Crippen molar-refractivity contribution in [3.8, 4) is 11.6 Å². The lowest BCUT2D eigenvalue weighted by Gasteiger charge is -2.13. The van der Waals surface area contributed by atoms with Crippen LogP contribution in [0.4, 0.5) is 0 Å². The number of nitrogens with one attached hydrogen (secondary N) is 1. The van der Waals surface area contributed by atoms with Crippen molar-refractivity contribution in [1.29, 1.82) is 0 Å². The van der Waals surface area contributed by atoms with E-state index in [9.17, 15) is 4.79 Å². The van der Waals surface area contributed by atoms with Crippen molar-refractivity contribution in [3.63, 3.8) is 0 Å². The van der Waals surface area contributed by atoms with Crippen LogP contribution in [-0.2, 0) is 0 Å². The minimum atomic E-state index is -0.0909. The van der Waals surface area contributed by atoms with Crippen LogP contribution in [0.5, 0.6) is 11.6 Å². The van der Waals surface area contributed by atoms with E-state index in [2.05, 4.69) is 38.2 Å². The zero-order chi connectivity index (χ0) is 16.2. The second-order valence-corrected chi connectivity index (χ2v) is 6.58. The average Bonchev–Trinajstić information content (AvgIpc) is 2.93. The Morgan fingerprint density at radius 3 is 2.91 bits per heavy atom. The van der Waals surface area contributed by atoms with Crippen molar-refractivity contribution in [1.82, 2.24) is 15.2 Å². The fourth-order valence-corrected chi connectivity index (χ4v) is 2.93. The van der Waals surface area contributed by atoms with Gasteiger partial charge in [0, 0.05) is 29.3 Å². The number of pyridine rings is 1. The zero-order valence-electron chi connectivity index (χ0n) is 12.8. The molecule has 1 amide bonds. The maximum absolute atomic E-state index is 12.2. The number of likely N-dealkylation sites (tertiary alicyclic amines) is 1. The molecule has 1 aromatic carbocycles. The van der Waals surface area contributed by atoms with Gasteiger partial charge < -0.3 is 15.0 Å². The molecule has 1 fully saturated rings. The molecule has 0 radical (unpaired) electrons. The summed E-state index contributed by atoms with van der Waals surface area (Å²) in [7, 11) is 2.06. The first kappa shape index (κ1) is 16.0. The topological polar surface area (TPSA) is 54.5 Å². The third kappa shape index (κ3) is 4.30. The Labute approximate surface area is 143 Å². The van der Waals surface area contributed by atoms with E-state index in [0.717, 1.165) is 24.0 Å². The smallest absolute Gasteiger partial charge is 0.253 e. The second kappa shape index (κ2) is 7.10. The number of likely N-dealkylation sites (N-methyl/N-ethyl adjacent to an activating group) is 1. The number of carbonyl (C=O) groups is 1. The van der Waals surface area contributed by atoms with E-state index in [1.54, 1.807) is 18.3 Å². The number of nitrogens with zero attached hydrogens (tertiary/aromatic N) is 2. The molecule has 3 rings (SSSR count). The molecule has 2 aromatic rings.